The summed E-state index contributed by atoms with van der Waals surface area (Å²) in [6, 6.07) is 0.156. The van der Waals surface area contributed by atoms with Crippen LogP contribution in [0.4, 0.5) is 0 Å². The average molecular weight is 252 g/mol. The second-order valence-electron chi connectivity index (χ2n) is 5.31. The molecule has 0 radical (unpaired) electrons. The third kappa shape index (κ3) is 4.90. The largest absolute Gasteiger partial charge is 0.356 e. The van der Waals surface area contributed by atoms with Crippen molar-refractivity contribution in [1.82, 2.24) is 10.6 Å². The van der Waals surface area contributed by atoms with Crippen molar-refractivity contribution in [2.75, 3.05) is 6.54 Å². The van der Waals surface area contributed by atoms with Gasteiger partial charge in [0.2, 0.25) is 11.8 Å². The van der Waals surface area contributed by atoms with Gasteiger partial charge in [-0.3, -0.25) is 9.59 Å². The molecule has 18 heavy (non-hydrogen) atoms. The second kappa shape index (κ2) is 7.19. The van der Waals surface area contributed by atoms with E-state index in [2.05, 4.69) is 36.6 Å². The van der Waals surface area contributed by atoms with Crippen LogP contribution in [-0.4, -0.2) is 24.4 Å². The summed E-state index contributed by atoms with van der Waals surface area (Å²) in [5.41, 5.74) is 0. The van der Waals surface area contributed by atoms with Crippen LogP contribution >= 0.6 is 0 Å². The molecule has 1 aliphatic heterocycles. The van der Waals surface area contributed by atoms with Crippen LogP contribution in [0.3, 0.4) is 0 Å². The molecule has 0 aliphatic carbocycles. The van der Waals surface area contributed by atoms with Crippen molar-refractivity contribution < 1.29 is 9.59 Å². The lowest BCUT2D eigenvalue weighted by molar-refractivity contribution is -0.130. The van der Waals surface area contributed by atoms with Gasteiger partial charge >= 0.3 is 0 Å². The van der Waals surface area contributed by atoms with Crippen molar-refractivity contribution in [1.29, 1.82) is 0 Å². The number of hydrogen-bond donors (Lipinski definition) is 2. The molecule has 2 atom stereocenters. The standard InChI is InChI=1S/C14H24N2O2/c1-10(2)12-7-5-4-6-8-15-14(18)11(3)9-13(17)16-12/h4-5,10-12H,6-9H2,1-3H3,(H,15,18)(H,16,17)/b5-4-/t11-,12-/m0/s1. The van der Waals surface area contributed by atoms with Gasteiger partial charge in [-0.05, 0) is 18.8 Å². The molecule has 0 aromatic rings. The van der Waals surface area contributed by atoms with Crippen LogP contribution in [0.1, 0.15) is 40.0 Å². The number of amides is 2. The Morgan fingerprint density at radius 2 is 2.00 bits per heavy atom. The Hall–Kier alpha value is -1.32. The van der Waals surface area contributed by atoms with Gasteiger partial charge < -0.3 is 10.6 Å². The lowest BCUT2D eigenvalue weighted by atomic mass is 9.99. The van der Waals surface area contributed by atoms with Gasteiger partial charge in [-0.25, -0.2) is 0 Å². The minimum absolute atomic E-state index is 0.0367. The third-order valence-electron chi connectivity index (χ3n) is 3.26. The maximum Gasteiger partial charge on any atom is 0.223 e. The molecular weight excluding hydrogens is 228 g/mol. The second-order valence-corrected chi connectivity index (χ2v) is 5.31. The number of hydrogen-bond acceptors (Lipinski definition) is 2. The first-order chi connectivity index (χ1) is 8.50. The summed E-state index contributed by atoms with van der Waals surface area (Å²) in [5.74, 6) is 0.0532. The average Bonchev–Trinajstić information content (AvgIpc) is 2.29. The molecule has 0 unspecified atom stereocenters. The molecule has 0 spiro atoms. The van der Waals surface area contributed by atoms with Crippen LogP contribution in [-0.2, 0) is 9.59 Å². The fraction of sp³-hybridized carbons (Fsp3) is 0.714. The molecule has 2 amide bonds. The van der Waals surface area contributed by atoms with Gasteiger partial charge in [-0.15, -0.1) is 0 Å². The van der Waals surface area contributed by atoms with Crippen LogP contribution in [0.25, 0.3) is 0 Å². The highest BCUT2D eigenvalue weighted by Crippen LogP contribution is 2.10. The number of carbonyl (C=O) groups excluding carboxylic acids is 2. The summed E-state index contributed by atoms with van der Waals surface area (Å²) < 4.78 is 0. The molecule has 1 aliphatic rings. The topological polar surface area (TPSA) is 58.2 Å². The lowest BCUT2D eigenvalue weighted by Gasteiger charge is -2.22. The molecule has 1 heterocycles. The zero-order valence-electron chi connectivity index (χ0n) is 11.5. The van der Waals surface area contributed by atoms with E-state index in [1.165, 1.54) is 0 Å². The first-order valence-corrected chi connectivity index (χ1v) is 6.72. The Morgan fingerprint density at radius 3 is 2.67 bits per heavy atom. The van der Waals surface area contributed by atoms with Crippen molar-refractivity contribution in [3.05, 3.63) is 12.2 Å². The minimum atomic E-state index is -0.263. The van der Waals surface area contributed by atoms with Gasteiger partial charge in [0.25, 0.3) is 0 Å². The van der Waals surface area contributed by atoms with Gasteiger partial charge in [0, 0.05) is 24.9 Å². The van der Waals surface area contributed by atoms with Crippen LogP contribution in [0.2, 0.25) is 0 Å². The Balaban J connectivity index is 2.70. The highest BCUT2D eigenvalue weighted by Gasteiger charge is 2.20. The quantitative estimate of drug-likeness (QED) is 0.697. The van der Waals surface area contributed by atoms with E-state index in [4.69, 9.17) is 0 Å². The molecule has 0 aromatic carbocycles. The van der Waals surface area contributed by atoms with Crippen LogP contribution in [0.15, 0.2) is 12.2 Å². The maximum atomic E-state index is 11.9. The van der Waals surface area contributed by atoms with Crippen LogP contribution in [0.5, 0.6) is 0 Å². The molecule has 1 rings (SSSR count). The summed E-state index contributed by atoms with van der Waals surface area (Å²) in [5, 5.41) is 5.85. The predicted molar refractivity (Wildman–Crippen MR) is 71.9 cm³/mol. The Morgan fingerprint density at radius 1 is 1.28 bits per heavy atom. The SMILES string of the molecule is CC(C)[C@@H]1C/C=C\CCNC(=O)[C@@H](C)CC(=O)N1. The summed E-state index contributed by atoms with van der Waals surface area (Å²) in [6.45, 7) is 6.64. The molecule has 4 nitrogen and oxygen atoms in total. The summed E-state index contributed by atoms with van der Waals surface area (Å²) in [7, 11) is 0. The zero-order chi connectivity index (χ0) is 13.5. The highest BCUT2D eigenvalue weighted by molar-refractivity contribution is 5.85. The highest BCUT2D eigenvalue weighted by atomic mass is 16.2. The Bertz CT molecular complexity index is 324. The molecule has 0 aromatic heterocycles. The van der Waals surface area contributed by atoms with Crippen molar-refractivity contribution >= 4 is 11.8 Å². The van der Waals surface area contributed by atoms with Gasteiger partial charge in [-0.2, -0.15) is 0 Å². The van der Waals surface area contributed by atoms with E-state index in [0.29, 0.717) is 12.5 Å². The number of carbonyl (C=O) groups is 2. The monoisotopic (exact) mass is 252 g/mol. The molecule has 0 fully saturated rings. The summed E-state index contributed by atoms with van der Waals surface area (Å²) in [4.78, 5) is 23.5. The minimum Gasteiger partial charge on any atom is -0.356 e. The van der Waals surface area contributed by atoms with E-state index < -0.39 is 0 Å². The van der Waals surface area contributed by atoms with E-state index >= 15 is 0 Å². The number of nitrogens with one attached hydrogen (secondary N) is 2. The van der Waals surface area contributed by atoms with E-state index in [0.717, 1.165) is 12.8 Å². The summed E-state index contributed by atoms with van der Waals surface area (Å²) >= 11 is 0. The first-order valence-electron chi connectivity index (χ1n) is 6.72. The molecular formula is C14H24N2O2. The normalized spacial score (nSPS) is 28.9. The Labute approximate surface area is 109 Å². The van der Waals surface area contributed by atoms with E-state index in [1.54, 1.807) is 6.92 Å². The van der Waals surface area contributed by atoms with E-state index in [-0.39, 0.29) is 30.2 Å². The van der Waals surface area contributed by atoms with Crippen molar-refractivity contribution in [3.8, 4) is 0 Å². The molecule has 4 heteroatoms. The van der Waals surface area contributed by atoms with Gasteiger partial charge in [0.15, 0.2) is 0 Å². The fourth-order valence-corrected chi connectivity index (χ4v) is 1.95. The smallest absolute Gasteiger partial charge is 0.223 e. The summed E-state index contributed by atoms with van der Waals surface area (Å²) in [6.07, 6.45) is 6.11. The van der Waals surface area contributed by atoms with E-state index in [9.17, 15) is 9.59 Å². The molecule has 0 saturated heterocycles. The molecule has 0 bridgehead atoms. The zero-order valence-corrected chi connectivity index (χ0v) is 11.5. The van der Waals surface area contributed by atoms with Gasteiger partial charge in [0.05, 0.1) is 0 Å². The maximum absolute atomic E-state index is 11.9. The van der Waals surface area contributed by atoms with Gasteiger partial charge in [0.1, 0.15) is 0 Å². The third-order valence-corrected chi connectivity index (χ3v) is 3.26. The van der Waals surface area contributed by atoms with Gasteiger partial charge in [-0.1, -0.05) is 32.9 Å². The van der Waals surface area contributed by atoms with E-state index in [1.807, 2.05) is 0 Å². The molecule has 102 valence electrons. The Kier molecular flexibility index (Phi) is 5.89. The molecule has 0 saturated carbocycles. The van der Waals surface area contributed by atoms with Crippen molar-refractivity contribution in [3.63, 3.8) is 0 Å². The number of rotatable bonds is 1. The predicted octanol–water partition coefficient (Wildman–Crippen LogP) is 1.62. The lowest BCUT2D eigenvalue weighted by Crippen LogP contribution is -2.41. The first kappa shape index (κ1) is 14.7. The van der Waals surface area contributed by atoms with Crippen LogP contribution < -0.4 is 10.6 Å². The van der Waals surface area contributed by atoms with Crippen LogP contribution in [0, 0.1) is 11.8 Å². The van der Waals surface area contributed by atoms with Crippen molar-refractivity contribution in [2.24, 2.45) is 11.8 Å². The molecule has 2 N–H and O–H groups in total. The fourth-order valence-electron chi connectivity index (χ4n) is 1.95. The van der Waals surface area contributed by atoms with Crippen molar-refractivity contribution in [2.45, 2.75) is 46.1 Å².